The van der Waals surface area contributed by atoms with E-state index < -0.39 is 12.1 Å². The third-order valence-electron chi connectivity index (χ3n) is 4.81. The Labute approximate surface area is 185 Å². The van der Waals surface area contributed by atoms with Crippen molar-refractivity contribution in [3.05, 3.63) is 90.3 Å². The highest BCUT2D eigenvalue weighted by Crippen LogP contribution is 2.24. The molecule has 0 spiro atoms. The molecule has 1 atom stereocenters. The lowest BCUT2D eigenvalue weighted by atomic mass is 10.2. The number of aromatic carboxylic acids is 1. The molecule has 1 heterocycles. The molecule has 0 fully saturated rings. The van der Waals surface area contributed by atoms with Crippen LogP contribution in [0, 0.1) is 0 Å². The van der Waals surface area contributed by atoms with Crippen LogP contribution in [-0.2, 0) is 0 Å². The maximum Gasteiger partial charge on any atom is 0.339 e. The summed E-state index contributed by atoms with van der Waals surface area (Å²) in [6.07, 6.45) is 0.290. The quantitative estimate of drug-likeness (QED) is 0.332. The molecule has 7 heteroatoms. The first-order valence-corrected chi connectivity index (χ1v) is 10.4. The Morgan fingerprint density at radius 3 is 2.56 bits per heavy atom. The minimum atomic E-state index is -1.00. The van der Waals surface area contributed by atoms with Crippen LogP contribution in [-0.4, -0.2) is 35.8 Å². The number of aromatic nitrogens is 1. The molecule has 0 saturated carbocycles. The van der Waals surface area contributed by atoms with Crippen LogP contribution in [0.15, 0.2) is 83.3 Å². The van der Waals surface area contributed by atoms with Crippen molar-refractivity contribution in [2.75, 3.05) is 19.7 Å². The van der Waals surface area contributed by atoms with Crippen LogP contribution in [0.2, 0.25) is 0 Å². The van der Waals surface area contributed by atoms with Gasteiger partial charge in [0, 0.05) is 6.54 Å². The van der Waals surface area contributed by atoms with E-state index >= 15 is 0 Å². The summed E-state index contributed by atoms with van der Waals surface area (Å²) in [5.74, 6) is 0.610. The molecule has 0 aliphatic rings. The van der Waals surface area contributed by atoms with Gasteiger partial charge in [0.05, 0.1) is 6.61 Å². The van der Waals surface area contributed by atoms with Gasteiger partial charge in [-0.1, -0.05) is 42.5 Å². The number of oxazole rings is 1. The molecule has 1 unspecified atom stereocenters. The molecule has 0 aliphatic heterocycles. The average Bonchev–Trinajstić information content (AvgIpc) is 3.25. The number of hydrogen-bond donors (Lipinski definition) is 2. The molecule has 0 radical (unpaired) electrons. The van der Waals surface area contributed by atoms with Crippen molar-refractivity contribution in [2.24, 2.45) is 0 Å². The number of ether oxygens (including phenoxy) is 2. The van der Waals surface area contributed by atoms with Crippen molar-refractivity contribution in [2.45, 2.75) is 12.5 Å². The van der Waals surface area contributed by atoms with Gasteiger partial charge in [-0.3, -0.25) is 0 Å². The van der Waals surface area contributed by atoms with Gasteiger partial charge in [-0.2, -0.15) is 0 Å². The number of para-hydroxylation sites is 4. The van der Waals surface area contributed by atoms with Gasteiger partial charge in [-0.15, -0.1) is 0 Å². The van der Waals surface area contributed by atoms with Crippen molar-refractivity contribution in [3.8, 4) is 11.5 Å². The molecule has 164 valence electrons. The lowest BCUT2D eigenvalue weighted by molar-refractivity contribution is 0.0692. The molecule has 32 heavy (non-hydrogen) atoms. The normalized spacial score (nSPS) is 11.9. The first-order valence-electron chi connectivity index (χ1n) is 10.4. The van der Waals surface area contributed by atoms with Crippen LogP contribution < -0.4 is 14.8 Å². The molecule has 0 bridgehead atoms. The molecular weight excluding hydrogens is 408 g/mol. The van der Waals surface area contributed by atoms with Crippen LogP contribution in [0.5, 0.6) is 11.5 Å². The Kier molecular flexibility index (Phi) is 6.99. The van der Waals surface area contributed by atoms with Crippen LogP contribution in [0.25, 0.3) is 11.1 Å². The number of benzene rings is 3. The highest BCUT2D eigenvalue weighted by Gasteiger charge is 2.20. The van der Waals surface area contributed by atoms with E-state index in [-0.39, 0.29) is 5.56 Å². The Morgan fingerprint density at radius 1 is 1.00 bits per heavy atom. The second-order valence-electron chi connectivity index (χ2n) is 7.15. The summed E-state index contributed by atoms with van der Waals surface area (Å²) in [4.78, 5) is 15.8. The first kappa shape index (κ1) is 21.4. The minimum Gasteiger partial charge on any atom is -0.493 e. The summed E-state index contributed by atoms with van der Waals surface area (Å²) in [5.41, 5.74) is 1.66. The minimum absolute atomic E-state index is 0.160. The Balaban J connectivity index is 1.33. The summed E-state index contributed by atoms with van der Waals surface area (Å²) in [5, 5.41) is 12.6. The molecule has 0 saturated heterocycles. The van der Waals surface area contributed by atoms with Crippen LogP contribution in [0.4, 0.5) is 0 Å². The fraction of sp³-hybridized carbons (Fsp3) is 0.200. The zero-order chi connectivity index (χ0) is 22.2. The van der Waals surface area contributed by atoms with Crippen molar-refractivity contribution >= 4 is 17.1 Å². The van der Waals surface area contributed by atoms with E-state index in [0.717, 1.165) is 16.8 Å². The Morgan fingerprint density at radius 2 is 1.75 bits per heavy atom. The third kappa shape index (κ3) is 5.44. The lowest BCUT2D eigenvalue weighted by Gasteiger charge is -2.17. The first-order chi connectivity index (χ1) is 15.7. The summed E-state index contributed by atoms with van der Waals surface area (Å²) >= 11 is 0. The topological polar surface area (TPSA) is 93.8 Å². The molecule has 1 aromatic heterocycles. The van der Waals surface area contributed by atoms with Crippen LogP contribution in [0.1, 0.15) is 28.8 Å². The van der Waals surface area contributed by atoms with Crippen molar-refractivity contribution in [3.63, 3.8) is 0 Å². The van der Waals surface area contributed by atoms with E-state index in [1.165, 1.54) is 6.07 Å². The fourth-order valence-electron chi connectivity index (χ4n) is 3.25. The predicted octanol–water partition coefficient (Wildman–Crippen LogP) is 4.70. The molecule has 4 rings (SSSR count). The number of carboxylic acids is 1. The third-order valence-corrected chi connectivity index (χ3v) is 4.81. The monoisotopic (exact) mass is 432 g/mol. The summed E-state index contributed by atoms with van der Waals surface area (Å²) in [6.45, 7) is 1.54. The van der Waals surface area contributed by atoms with Crippen molar-refractivity contribution in [1.29, 1.82) is 0 Å². The number of carbonyl (C=O) groups is 1. The number of nitrogens with zero attached hydrogens (tertiary/aromatic N) is 1. The maximum atomic E-state index is 11.3. The Bertz CT molecular complexity index is 1130. The van der Waals surface area contributed by atoms with Gasteiger partial charge in [0.15, 0.2) is 11.7 Å². The number of nitrogens with one attached hydrogen (secondary N) is 1. The van der Waals surface area contributed by atoms with Crippen LogP contribution >= 0.6 is 0 Å². The summed E-state index contributed by atoms with van der Waals surface area (Å²) in [6, 6.07) is 23.8. The highest BCUT2D eigenvalue weighted by atomic mass is 16.5. The molecule has 4 aromatic rings. The van der Waals surface area contributed by atoms with E-state index in [2.05, 4.69) is 10.3 Å². The summed E-state index contributed by atoms with van der Waals surface area (Å²) < 4.78 is 17.7. The predicted molar refractivity (Wildman–Crippen MR) is 120 cm³/mol. The van der Waals surface area contributed by atoms with E-state index in [9.17, 15) is 9.90 Å². The second-order valence-corrected chi connectivity index (χ2v) is 7.15. The van der Waals surface area contributed by atoms with E-state index in [1.807, 2.05) is 54.6 Å². The zero-order valence-electron chi connectivity index (χ0n) is 17.4. The SMILES string of the molecule is O=C(O)c1ccccc1OCCCNCC(Oc1ccccc1)c1nc2ccccc2o1. The Hall–Kier alpha value is -3.84. The van der Waals surface area contributed by atoms with Gasteiger partial charge in [-0.05, 0) is 49.4 Å². The van der Waals surface area contributed by atoms with Gasteiger partial charge < -0.3 is 24.3 Å². The number of hydrogen-bond acceptors (Lipinski definition) is 6. The smallest absolute Gasteiger partial charge is 0.339 e. The van der Waals surface area contributed by atoms with Crippen molar-refractivity contribution < 1.29 is 23.8 Å². The van der Waals surface area contributed by atoms with E-state index in [1.54, 1.807) is 18.2 Å². The van der Waals surface area contributed by atoms with Gasteiger partial charge in [-0.25, -0.2) is 9.78 Å². The number of rotatable bonds is 11. The molecule has 2 N–H and O–H groups in total. The van der Waals surface area contributed by atoms with Crippen molar-refractivity contribution in [1.82, 2.24) is 10.3 Å². The van der Waals surface area contributed by atoms with Gasteiger partial charge in [0.1, 0.15) is 22.6 Å². The number of carboxylic acid groups (broad SMARTS) is 1. The molecule has 0 amide bonds. The molecule has 0 aliphatic carbocycles. The lowest BCUT2D eigenvalue weighted by Crippen LogP contribution is -2.27. The van der Waals surface area contributed by atoms with Gasteiger partial charge >= 0.3 is 5.97 Å². The summed E-state index contributed by atoms with van der Waals surface area (Å²) in [7, 11) is 0. The maximum absolute atomic E-state index is 11.3. The molecule has 7 nitrogen and oxygen atoms in total. The average molecular weight is 432 g/mol. The second kappa shape index (κ2) is 10.5. The molecule has 3 aromatic carbocycles. The van der Waals surface area contributed by atoms with Gasteiger partial charge in [0.2, 0.25) is 5.89 Å². The largest absolute Gasteiger partial charge is 0.493 e. The zero-order valence-corrected chi connectivity index (χ0v) is 17.4. The standard InChI is InChI=1S/C25H24N2O5/c28-25(29)19-11-4-6-13-21(19)30-16-8-15-26-17-23(31-18-9-2-1-3-10-18)24-27-20-12-5-7-14-22(20)32-24/h1-7,9-14,23,26H,8,15-17H2,(H,28,29). The molecular formula is C25H24N2O5. The number of fused-ring (bicyclic) bond motifs is 1. The van der Waals surface area contributed by atoms with Gasteiger partial charge in [0.25, 0.3) is 0 Å². The highest BCUT2D eigenvalue weighted by molar-refractivity contribution is 5.90. The fourth-order valence-corrected chi connectivity index (χ4v) is 3.25. The van der Waals surface area contributed by atoms with Crippen LogP contribution in [0.3, 0.4) is 0 Å². The van der Waals surface area contributed by atoms with E-state index in [0.29, 0.717) is 37.8 Å². The van der Waals surface area contributed by atoms with E-state index in [4.69, 9.17) is 13.9 Å².